The molecule has 2 saturated heterocycles. The largest absolute Gasteiger partial charge is 0.484 e. The SMILES string of the molecule is COCCCN1CC(C)(C)Oc2ccc(CO[C@@H]3CCC(C[C@@H](OC)C(=O)NCC4CCOCC4)NC3)cc21. The topological polar surface area (TPSA) is 90.5 Å². The van der Waals surface area contributed by atoms with Gasteiger partial charge in [0.1, 0.15) is 17.5 Å². The molecule has 4 rings (SSSR count). The Balaban J connectivity index is 1.21. The lowest BCUT2D eigenvalue weighted by Gasteiger charge is -2.41. The van der Waals surface area contributed by atoms with Crippen LogP contribution in [-0.4, -0.2) is 90.0 Å². The van der Waals surface area contributed by atoms with Crippen molar-refractivity contribution in [3.63, 3.8) is 0 Å². The zero-order valence-electron chi connectivity index (χ0n) is 24.3. The van der Waals surface area contributed by atoms with E-state index in [9.17, 15) is 4.79 Å². The summed E-state index contributed by atoms with van der Waals surface area (Å²) < 4.78 is 28.8. The zero-order valence-corrected chi connectivity index (χ0v) is 24.3. The van der Waals surface area contributed by atoms with Crippen molar-refractivity contribution in [2.24, 2.45) is 5.92 Å². The van der Waals surface area contributed by atoms with Crippen LogP contribution in [0.5, 0.6) is 5.75 Å². The van der Waals surface area contributed by atoms with Gasteiger partial charge in [0.05, 0.1) is 24.9 Å². The number of nitrogens with one attached hydrogen (secondary N) is 2. The maximum Gasteiger partial charge on any atom is 0.249 e. The van der Waals surface area contributed by atoms with Gasteiger partial charge in [-0.3, -0.25) is 4.79 Å². The number of anilines is 1. The molecule has 0 aliphatic carbocycles. The molecule has 2 N–H and O–H groups in total. The molecule has 0 spiro atoms. The first-order valence-corrected chi connectivity index (χ1v) is 14.7. The van der Waals surface area contributed by atoms with Crippen molar-refractivity contribution in [1.29, 1.82) is 0 Å². The second-order valence-corrected chi connectivity index (χ2v) is 11.8. The Morgan fingerprint density at radius 2 is 2.03 bits per heavy atom. The van der Waals surface area contributed by atoms with Crippen molar-refractivity contribution in [3.05, 3.63) is 23.8 Å². The van der Waals surface area contributed by atoms with Crippen molar-refractivity contribution in [1.82, 2.24) is 10.6 Å². The summed E-state index contributed by atoms with van der Waals surface area (Å²) in [6.45, 7) is 10.4. The van der Waals surface area contributed by atoms with Crippen molar-refractivity contribution in [3.8, 4) is 5.75 Å². The standard InChI is InChI=1S/C30H49N3O6/c1-30(2)21-33(12-5-13-35-3)26-16-23(6-9-27(26)39-30)20-38-25-8-7-24(31-19-25)17-28(36-4)29(34)32-18-22-10-14-37-15-11-22/h6,9,16,22,24-25,28,31H,5,7-8,10-15,17-21H2,1-4H3,(H,32,34)/t24?,25-,28-/m1/s1. The Morgan fingerprint density at radius 1 is 1.21 bits per heavy atom. The maximum absolute atomic E-state index is 12.7. The number of piperidine rings is 1. The van der Waals surface area contributed by atoms with Gasteiger partial charge in [-0.25, -0.2) is 0 Å². The molecule has 1 unspecified atom stereocenters. The number of rotatable bonds is 13. The van der Waals surface area contributed by atoms with E-state index in [0.29, 0.717) is 25.5 Å². The molecule has 9 heteroatoms. The molecule has 39 heavy (non-hydrogen) atoms. The summed E-state index contributed by atoms with van der Waals surface area (Å²) >= 11 is 0. The number of hydrogen-bond acceptors (Lipinski definition) is 8. The third-order valence-corrected chi connectivity index (χ3v) is 8.04. The summed E-state index contributed by atoms with van der Waals surface area (Å²) in [5.74, 6) is 1.42. The summed E-state index contributed by atoms with van der Waals surface area (Å²) in [6, 6.07) is 6.63. The fourth-order valence-electron chi connectivity index (χ4n) is 5.79. The molecule has 0 radical (unpaired) electrons. The molecule has 1 amide bonds. The molecule has 0 bridgehead atoms. The van der Waals surface area contributed by atoms with E-state index < -0.39 is 6.10 Å². The third-order valence-electron chi connectivity index (χ3n) is 8.04. The molecule has 3 aliphatic rings. The minimum absolute atomic E-state index is 0.0137. The van der Waals surface area contributed by atoms with Gasteiger partial charge in [0.2, 0.25) is 5.91 Å². The molecule has 9 nitrogen and oxygen atoms in total. The van der Waals surface area contributed by atoms with Crippen molar-refractivity contribution >= 4 is 11.6 Å². The van der Waals surface area contributed by atoms with Crippen molar-refractivity contribution < 1.29 is 28.5 Å². The Hall–Kier alpha value is -1.91. The number of carbonyl (C=O) groups is 1. The lowest BCUT2D eigenvalue weighted by atomic mass is 9.96. The summed E-state index contributed by atoms with van der Waals surface area (Å²) in [6.07, 6.45) is 5.29. The summed E-state index contributed by atoms with van der Waals surface area (Å²) in [7, 11) is 3.37. The molecule has 220 valence electrons. The molecule has 1 aromatic carbocycles. The van der Waals surface area contributed by atoms with E-state index in [0.717, 1.165) is 88.6 Å². The van der Waals surface area contributed by atoms with Crippen LogP contribution in [0.1, 0.15) is 57.9 Å². The van der Waals surface area contributed by atoms with Gasteiger partial charge in [-0.2, -0.15) is 0 Å². The lowest BCUT2D eigenvalue weighted by molar-refractivity contribution is -0.132. The first-order chi connectivity index (χ1) is 18.9. The minimum Gasteiger partial charge on any atom is -0.484 e. The predicted octanol–water partition coefficient (Wildman–Crippen LogP) is 3.29. The van der Waals surface area contributed by atoms with E-state index in [1.54, 1.807) is 14.2 Å². The molecule has 0 aromatic heterocycles. The van der Waals surface area contributed by atoms with E-state index in [1.807, 2.05) is 0 Å². The zero-order chi connectivity index (χ0) is 27.7. The number of amides is 1. The van der Waals surface area contributed by atoms with Crippen LogP contribution in [0, 0.1) is 5.92 Å². The molecule has 3 aliphatic heterocycles. The summed E-state index contributed by atoms with van der Waals surface area (Å²) in [5.41, 5.74) is 2.06. The lowest BCUT2D eigenvalue weighted by Crippen LogP contribution is -2.47. The predicted molar refractivity (Wildman–Crippen MR) is 151 cm³/mol. The number of ether oxygens (including phenoxy) is 5. The number of benzene rings is 1. The Kier molecular flexibility index (Phi) is 11.3. The smallest absolute Gasteiger partial charge is 0.249 e. The molecule has 0 saturated carbocycles. The average Bonchev–Trinajstić information content (AvgIpc) is 2.94. The van der Waals surface area contributed by atoms with Gasteiger partial charge in [0, 0.05) is 59.7 Å². The number of carbonyl (C=O) groups excluding carboxylic acids is 1. The van der Waals surface area contributed by atoms with Crippen molar-refractivity contribution in [2.45, 2.75) is 82.8 Å². The minimum atomic E-state index is -0.436. The molecule has 3 atom stereocenters. The van der Waals surface area contributed by atoms with Crippen LogP contribution in [0.15, 0.2) is 18.2 Å². The second kappa shape index (κ2) is 14.6. The second-order valence-electron chi connectivity index (χ2n) is 11.8. The molecule has 2 fully saturated rings. The molecular formula is C30H49N3O6. The van der Waals surface area contributed by atoms with E-state index in [1.165, 1.54) is 0 Å². The molecular weight excluding hydrogens is 498 g/mol. The fourth-order valence-corrected chi connectivity index (χ4v) is 5.79. The highest BCUT2D eigenvalue weighted by molar-refractivity contribution is 5.80. The highest BCUT2D eigenvalue weighted by atomic mass is 16.5. The maximum atomic E-state index is 12.7. The van der Waals surface area contributed by atoms with E-state index in [4.69, 9.17) is 23.7 Å². The van der Waals surface area contributed by atoms with Gasteiger partial charge in [-0.1, -0.05) is 6.07 Å². The van der Waals surface area contributed by atoms with Gasteiger partial charge in [0.15, 0.2) is 0 Å². The van der Waals surface area contributed by atoms with Crippen molar-refractivity contribution in [2.75, 3.05) is 65.1 Å². The van der Waals surface area contributed by atoms with Crippen LogP contribution in [-0.2, 0) is 30.3 Å². The Labute approximate surface area is 234 Å². The van der Waals surface area contributed by atoms with Crippen LogP contribution >= 0.6 is 0 Å². The monoisotopic (exact) mass is 547 g/mol. The number of methoxy groups -OCH3 is 2. The van der Waals surface area contributed by atoms with Crippen LogP contribution in [0.3, 0.4) is 0 Å². The third kappa shape index (κ3) is 9.05. The Morgan fingerprint density at radius 3 is 2.74 bits per heavy atom. The van der Waals surface area contributed by atoms with Gasteiger partial charge in [0.25, 0.3) is 0 Å². The number of fused-ring (bicyclic) bond motifs is 1. The molecule has 3 heterocycles. The average molecular weight is 548 g/mol. The highest BCUT2D eigenvalue weighted by Gasteiger charge is 2.32. The summed E-state index contributed by atoms with van der Waals surface area (Å²) in [4.78, 5) is 15.1. The molecule has 1 aromatic rings. The first kappa shape index (κ1) is 30.1. The van der Waals surface area contributed by atoms with Crippen LogP contribution in [0.2, 0.25) is 0 Å². The van der Waals surface area contributed by atoms with Crippen LogP contribution < -0.4 is 20.3 Å². The van der Waals surface area contributed by atoms with E-state index >= 15 is 0 Å². The van der Waals surface area contributed by atoms with Crippen LogP contribution in [0.4, 0.5) is 5.69 Å². The van der Waals surface area contributed by atoms with Gasteiger partial charge >= 0.3 is 0 Å². The van der Waals surface area contributed by atoms with Gasteiger partial charge in [-0.15, -0.1) is 0 Å². The van der Waals surface area contributed by atoms with Gasteiger partial charge < -0.3 is 39.2 Å². The summed E-state index contributed by atoms with van der Waals surface area (Å²) in [5, 5.41) is 6.68. The number of hydrogen-bond donors (Lipinski definition) is 2. The quantitative estimate of drug-likeness (QED) is 0.364. The first-order valence-electron chi connectivity index (χ1n) is 14.7. The normalized spacial score (nSPS) is 24.1. The Bertz CT molecular complexity index is 899. The fraction of sp³-hybridized carbons (Fsp3) is 0.767. The highest BCUT2D eigenvalue weighted by Crippen LogP contribution is 2.38. The number of nitrogens with zero attached hydrogens (tertiary/aromatic N) is 1. The van der Waals surface area contributed by atoms with Crippen LogP contribution in [0.25, 0.3) is 0 Å². The van der Waals surface area contributed by atoms with E-state index in [-0.39, 0.29) is 23.7 Å². The van der Waals surface area contributed by atoms with Gasteiger partial charge in [-0.05, 0) is 76.0 Å². The van der Waals surface area contributed by atoms with E-state index in [2.05, 4.69) is 47.6 Å².